The van der Waals surface area contributed by atoms with Crippen molar-refractivity contribution in [1.82, 2.24) is 0 Å². The lowest BCUT2D eigenvalue weighted by Crippen LogP contribution is -2.26. The van der Waals surface area contributed by atoms with Crippen LogP contribution in [0.3, 0.4) is 0 Å². The second-order valence-electron chi connectivity index (χ2n) is 2.42. The molecule has 3 nitrogen and oxygen atoms in total. The Labute approximate surface area is 60.3 Å². The van der Waals surface area contributed by atoms with E-state index in [4.69, 9.17) is 4.74 Å². The van der Waals surface area contributed by atoms with Crippen LogP contribution in [0.1, 0.15) is 26.2 Å². The lowest BCUT2D eigenvalue weighted by Gasteiger charge is -2.21. The highest BCUT2D eigenvalue weighted by atomic mass is 16.7. The van der Waals surface area contributed by atoms with E-state index in [0.717, 1.165) is 19.3 Å². The monoisotopic (exact) mass is 144 g/mol. The molecule has 1 aliphatic rings. The normalized spacial score (nSPS) is 25.3. The lowest BCUT2D eigenvalue weighted by molar-refractivity contribution is -0.0251. The van der Waals surface area contributed by atoms with Crippen LogP contribution in [0, 0.1) is 0 Å². The van der Waals surface area contributed by atoms with E-state index in [0.29, 0.717) is 6.61 Å². The first-order valence-electron chi connectivity index (χ1n) is 3.66. The molecule has 0 aromatic heterocycles. The molecule has 1 saturated heterocycles. The number of hydrogen-bond donors (Lipinski definition) is 0. The molecule has 1 rings (SSSR count). The van der Waals surface area contributed by atoms with Gasteiger partial charge in [-0.1, -0.05) is 13.3 Å². The van der Waals surface area contributed by atoms with Crippen LogP contribution in [-0.2, 0) is 9.47 Å². The molecule has 0 amide bonds. The van der Waals surface area contributed by atoms with Gasteiger partial charge in [0, 0.05) is 6.42 Å². The molecule has 0 saturated carbocycles. The molecule has 58 valence electrons. The molecule has 1 aliphatic heterocycles. The summed E-state index contributed by atoms with van der Waals surface area (Å²) in [5.74, 6) is 0. The van der Waals surface area contributed by atoms with Crippen molar-refractivity contribution in [2.24, 2.45) is 0 Å². The molecular formula is C7H12O3. The van der Waals surface area contributed by atoms with Gasteiger partial charge in [-0.05, 0) is 6.42 Å². The standard InChI is InChI=1S/C7H12O3/c1-2-3-6-4-5-9-7(8)10-6/h6H,2-5H2,1H3/t6-/m1/s1. The van der Waals surface area contributed by atoms with Crippen molar-refractivity contribution in [3.05, 3.63) is 0 Å². The van der Waals surface area contributed by atoms with E-state index >= 15 is 0 Å². The van der Waals surface area contributed by atoms with Gasteiger partial charge in [-0.3, -0.25) is 0 Å². The third kappa shape index (κ3) is 1.90. The maximum Gasteiger partial charge on any atom is 0.508 e. The zero-order valence-electron chi connectivity index (χ0n) is 6.13. The Morgan fingerprint density at radius 1 is 1.70 bits per heavy atom. The van der Waals surface area contributed by atoms with E-state index < -0.39 is 6.16 Å². The summed E-state index contributed by atoms with van der Waals surface area (Å²) in [6.45, 7) is 2.59. The highest BCUT2D eigenvalue weighted by molar-refractivity contribution is 5.60. The van der Waals surface area contributed by atoms with Gasteiger partial charge in [-0.2, -0.15) is 0 Å². The van der Waals surface area contributed by atoms with Gasteiger partial charge in [0.25, 0.3) is 0 Å². The summed E-state index contributed by atoms with van der Waals surface area (Å²) < 4.78 is 9.46. The summed E-state index contributed by atoms with van der Waals surface area (Å²) in [5, 5.41) is 0. The van der Waals surface area contributed by atoms with Gasteiger partial charge in [0.15, 0.2) is 0 Å². The predicted octanol–water partition coefficient (Wildman–Crippen LogP) is 1.71. The Morgan fingerprint density at radius 3 is 3.10 bits per heavy atom. The van der Waals surface area contributed by atoms with Gasteiger partial charge in [0.1, 0.15) is 6.10 Å². The molecule has 0 N–H and O–H groups in total. The largest absolute Gasteiger partial charge is 0.508 e. The van der Waals surface area contributed by atoms with Gasteiger partial charge < -0.3 is 9.47 Å². The molecule has 0 aliphatic carbocycles. The molecule has 1 fully saturated rings. The van der Waals surface area contributed by atoms with Crippen LogP contribution < -0.4 is 0 Å². The number of ether oxygens (including phenoxy) is 2. The minimum absolute atomic E-state index is 0.103. The second kappa shape index (κ2) is 3.44. The van der Waals surface area contributed by atoms with E-state index in [1.165, 1.54) is 0 Å². The molecule has 3 heteroatoms. The van der Waals surface area contributed by atoms with E-state index in [9.17, 15) is 4.79 Å². The second-order valence-corrected chi connectivity index (χ2v) is 2.42. The van der Waals surface area contributed by atoms with Gasteiger partial charge in [0.2, 0.25) is 0 Å². The average molecular weight is 144 g/mol. The summed E-state index contributed by atoms with van der Waals surface area (Å²) in [6.07, 6.45) is 2.45. The van der Waals surface area contributed by atoms with Crippen LogP contribution in [0.15, 0.2) is 0 Å². The van der Waals surface area contributed by atoms with Crippen LogP contribution in [-0.4, -0.2) is 18.9 Å². The van der Waals surface area contributed by atoms with E-state index in [-0.39, 0.29) is 6.10 Å². The Bertz CT molecular complexity index is 120. The maximum absolute atomic E-state index is 10.5. The van der Waals surface area contributed by atoms with Crippen molar-refractivity contribution in [3.63, 3.8) is 0 Å². The highest BCUT2D eigenvalue weighted by Crippen LogP contribution is 2.12. The molecule has 10 heavy (non-hydrogen) atoms. The number of carbonyl (C=O) groups is 1. The SMILES string of the molecule is CCC[C@@H]1CCOC(=O)O1. The molecule has 1 atom stereocenters. The Hall–Kier alpha value is -0.730. The van der Waals surface area contributed by atoms with Crippen molar-refractivity contribution in [2.75, 3.05) is 6.61 Å². The molecule has 0 spiro atoms. The van der Waals surface area contributed by atoms with E-state index in [1.807, 2.05) is 0 Å². The molecule has 0 radical (unpaired) electrons. The zero-order valence-corrected chi connectivity index (χ0v) is 6.13. The van der Waals surface area contributed by atoms with Crippen molar-refractivity contribution < 1.29 is 14.3 Å². The summed E-state index contributed by atoms with van der Waals surface area (Å²) in [6, 6.07) is 0. The van der Waals surface area contributed by atoms with Gasteiger partial charge in [-0.15, -0.1) is 0 Å². The summed E-state index contributed by atoms with van der Waals surface area (Å²) in [7, 11) is 0. The summed E-state index contributed by atoms with van der Waals surface area (Å²) in [5.41, 5.74) is 0. The number of hydrogen-bond acceptors (Lipinski definition) is 3. The molecule has 0 unspecified atom stereocenters. The van der Waals surface area contributed by atoms with Crippen molar-refractivity contribution in [3.8, 4) is 0 Å². The minimum atomic E-state index is -0.510. The average Bonchev–Trinajstić information content (AvgIpc) is 1.88. The molecule has 1 heterocycles. The van der Waals surface area contributed by atoms with Crippen molar-refractivity contribution >= 4 is 6.16 Å². The smallest absolute Gasteiger partial charge is 0.434 e. The van der Waals surface area contributed by atoms with Gasteiger partial charge in [-0.25, -0.2) is 4.79 Å². The Kier molecular flexibility index (Phi) is 2.54. The lowest BCUT2D eigenvalue weighted by atomic mass is 10.1. The minimum Gasteiger partial charge on any atom is -0.434 e. The molecule has 0 bridgehead atoms. The number of rotatable bonds is 2. The number of cyclic esters (lactones) is 2. The van der Waals surface area contributed by atoms with Crippen LogP contribution in [0.25, 0.3) is 0 Å². The first-order chi connectivity index (χ1) is 4.83. The van der Waals surface area contributed by atoms with Crippen LogP contribution in [0.4, 0.5) is 4.79 Å². The maximum atomic E-state index is 10.5. The summed E-state index contributed by atoms with van der Waals surface area (Å²) >= 11 is 0. The Morgan fingerprint density at radius 2 is 2.50 bits per heavy atom. The summed E-state index contributed by atoms with van der Waals surface area (Å²) in [4.78, 5) is 10.5. The fourth-order valence-electron chi connectivity index (χ4n) is 1.03. The zero-order chi connectivity index (χ0) is 7.40. The van der Waals surface area contributed by atoms with Crippen LogP contribution in [0.2, 0.25) is 0 Å². The highest BCUT2D eigenvalue weighted by Gasteiger charge is 2.19. The van der Waals surface area contributed by atoms with Gasteiger partial charge >= 0.3 is 6.16 Å². The topological polar surface area (TPSA) is 35.5 Å². The fraction of sp³-hybridized carbons (Fsp3) is 0.857. The first-order valence-corrected chi connectivity index (χ1v) is 3.66. The van der Waals surface area contributed by atoms with Crippen molar-refractivity contribution in [1.29, 1.82) is 0 Å². The molecule has 0 aromatic carbocycles. The van der Waals surface area contributed by atoms with Gasteiger partial charge in [0.05, 0.1) is 6.61 Å². The van der Waals surface area contributed by atoms with E-state index in [2.05, 4.69) is 11.7 Å². The molecule has 0 aromatic rings. The Balaban J connectivity index is 2.25. The van der Waals surface area contributed by atoms with Crippen molar-refractivity contribution in [2.45, 2.75) is 32.3 Å². The first kappa shape index (κ1) is 7.38. The third-order valence-electron chi connectivity index (χ3n) is 1.53. The number of carbonyl (C=O) groups excluding carboxylic acids is 1. The predicted molar refractivity (Wildman–Crippen MR) is 35.7 cm³/mol. The molecular weight excluding hydrogens is 132 g/mol. The van der Waals surface area contributed by atoms with Crippen LogP contribution in [0.5, 0.6) is 0 Å². The quantitative estimate of drug-likeness (QED) is 0.553. The third-order valence-corrected chi connectivity index (χ3v) is 1.53. The van der Waals surface area contributed by atoms with Crippen LogP contribution >= 0.6 is 0 Å². The fourth-order valence-corrected chi connectivity index (χ4v) is 1.03. The van der Waals surface area contributed by atoms with E-state index in [1.54, 1.807) is 0 Å².